The van der Waals surface area contributed by atoms with Crippen molar-refractivity contribution in [3.8, 4) is 22.3 Å². The van der Waals surface area contributed by atoms with Gasteiger partial charge in [0.2, 0.25) is 11.9 Å². The van der Waals surface area contributed by atoms with E-state index in [-0.39, 0.29) is 11.8 Å². The summed E-state index contributed by atoms with van der Waals surface area (Å²) in [6, 6.07) is 6.07. The van der Waals surface area contributed by atoms with Crippen molar-refractivity contribution < 1.29 is 18.7 Å². The minimum Gasteiger partial charge on any atom is -0.440 e. The number of nitrogens with two attached hydrogens (primary N) is 1. The minimum absolute atomic E-state index is 0.0371. The summed E-state index contributed by atoms with van der Waals surface area (Å²) in [6.45, 7) is 6.25. The molecule has 4 aromatic heterocycles. The molecule has 2 N–H and O–H groups in total. The summed E-state index contributed by atoms with van der Waals surface area (Å²) in [5.74, 6) is -1.34. The number of anilines is 1. The van der Waals surface area contributed by atoms with Crippen molar-refractivity contribution in [2.75, 3.05) is 32.6 Å². The van der Waals surface area contributed by atoms with Gasteiger partial charge in [-0.05, 0) is 50.7 Å². The molecule has 0 saturated heterocycles. The Morgan fingerprint density at radius 2 is 1.81 bits per heavy atom. The van der Waals surface area contributed by atoms with E-state index >= 15 is 0 Å². The molecule has 0 fully saturated rings. The number of nitrogens with zero attached hydrogens (tertiary/aromatic N) is 6. The molecule has 0 saturated carbocycles. The van der Waals surface area contributed by atoms with Crippen LogP contribution in [0.4, 0.5) is 10.1 Å². The van der Waals surface area contributed by atoms with Crippen LogP contribution < -0.4 is 10.6 Å². The summed E-state index contributed by atoms with van der Waals surface area (Å²) in [6.07, 6.45) is 11.5. The lowest BCUT2D eigenvalue weighted by molar-refractivity contribution is -0.155. The molecule has 4 heterocycles. The number of carbonyl (C=O) groups is 2. The van der Waals surface area contributed by atoms with Crippen LogP contribution in [0, 0.1) is 11.9 Å². The highest BCUT2D eigenvalue weighted by Crippen LogP contribution is 2.35. The summed E-state index contributed by atoms with van der Waals surface area (Å²) >= 11 is 0. The zero-order valence-electron chi connectivity index (χ0n) is 25.4. The number of ether oxygens (including phenoxy) is 1. The van der Waals surface area contributed by atoms with Gasteiger partial charge in [-0.25, -0.2) is 9.97 Å². The van der Waals surface area contributed by atoms with Crippen LogP contribution >= 0.6 is 0 Å². The highest BCUT2D eigenvalue weighted by atomic mass is 19.1. The van der Waals surface area contributed by atoms with Crippen molar-refractivity contribution in [1.82, 2.24) is 24.4 Å². The zero-order chi connectivity index (χ0) is 31.3. The molecular formula is C32H38FN7O3. The molecule has 0 aliphatic heterocycles. The molecule has 0 spiro atoms. The lowest BCUT2D eigenvalue weighted by Gasteiger charge is -2.21. The molecule has 226 valence electrons. The van der Waals surface area contributed by atoms with Gasteiger partial charge in [-0.15, -0.1) is 0 Å². The maximum atomic E-state index is 14.2. The Bertz CT molecular complexity index is 1630. The number of fused-ring (bicyclic) bond motifs is 1. The molecule has 0 aliphatic rings. The number of rotatable bonds is 11. The van der Waals surface area contributed by atoms with Crippen molar-refractivity contribution in [1.29, 1.82) is 0 Å². The SMILES string of the molecule is CCC(C)C(N)C(=O)O[C@@H](C)n1cc(-c2ccnc(F)c2)c2cc(-c3cncc(N(C)C(=O)/C=C/CN(C)C)c3)cnc21. The van der Waals surface area contributed by atoms with E-state index in [0.717, 1.165) is 17.5 Å². The monoisotopic (exact) mass is 587 g/mol. The van der Waals surface area contributed by atoms with Crippen LogP contribution in [0.1, 0.15) is 33.4 Å². The number of halogens is 1. The highest BCUT2D eigenvalue weighted by Gasteiger charge is 2.25. The second-order valence-electron chi connectivity index (χ2n) is 10.9. The van der Waals surface area contributed by atoms with Gasteiger partial charge in [0, 0.05) is 72.6 Å². The molecule has 2 unspecified atom stereocenters. The number of likely N-dealkylation sites (N-methyl/N-ethyl adjacent to an activating group) is 2. The van der Waals surface area contributed by atoms with E-state index < -0.39 is 24.2 Å². The van der Waals surface area contributed by atoms with Gasteiger partial charge in [0.25, 0.3) is 0 Å². The van der Waals surface area contributed by atoms with Crippen LogP contribution in [0.25, 0.3) is 33.3 Å². The number of carbonyl (C=O) groups excluding carboxylic acids is 2. The Balaban J connectivity index is 1.73. The Hall–Kier alpha value is -4.48. The normalized spacial score (nSPS) is 13.8. The lowest BCUT2D eigenvalue weighted by atomic mass is 10.0. The molecule has 43 heavy (non-hydrogen) atoms. The number of amides is 1. The second kappa shape index (κ2) is 13.7. The second-order valence-corrected chi connectivity index (χ2v) is 10.9. The fourth-order valence-corrected chi connectivity index (χ4v) is 4.53. The van der Waals surface area contributed by atoms with Crippen molar-refractivity contribution in [2.24, 2.45) is 11.7 Å². The molecule has 4 aromatic rings. The fraction of sp³-hybridized carbons (Fsp3) is 0.344. The number of aromatic nitrogens is 4. The van der Waals surface area contributed by atoms with Gasteiger partial charge < -0.3 is 20.3 Å². The van der Waals surface area contributed by atoms with Crippen LogP contribution in [0.2, 0.25) is 0 Å². The Morgan fingerprint density at radius 1 is 1.07 bits per heavy atom. The first kappa shape index (κ1) is 31.5. The van der Waals surface area contributed by atoms with E-state index in [0.29, 0.717) is 34.4 Å². The fourth-order valence-electron chi connectivity index (χ4n) is 4.53. The van der Waals surface area contributed by atoms with Gasteiger partial charge in [-0.2, -0.15) is 4.39 Å². The van der Waals surface area contributed by atoms with E-state index in [1.165, 1.54) is 23.2 Å². The third kappa shape index (κ3) is 7.30. The van der Waals surface area contributed by atoms with E-state index in [9.17, 15) is 14.0 Å². The maximum Gasteiger partial charge on any atom is 0.325 e. The van der Waals surface area contributed by atoms with Crippen molar-refractivity contribution >= 4 is 28.6 Å². The molecule has 4 rings (SSSR count). The highest BCUT2D eigenvalue weighted by molar-refractivity contribution is 6.01. The first-order valence-electron chi connectivity index (χ1n) is 14.1. The largest absolute Gasteiger partial charge is 0.440 e. The van der Waals surface area contributed by atoms with Crippen molar-refractivity contribution in [2.45, 2.75) is 39.5 Å². The molecule has 10 nitrogen and oxygen atoms in total. The molecule has 1 amide bonds. The van der Waals surface area contributed by atoms with Crippen LogP contribution in [0.5, 0.6) is 0 Å². The summed E-state index contributed by atoms with van der Waals surface area (Å²) in [7, 11) is 5.55. The van der Waals surface area contributed by atoms with Gasteiger partial charge >= 0.3 is 5.97 Å². The van der Waals surface area contributed by atoms with Crippen molar-refractivity contribution in [3.05, 3.63) is 73.3 Å². The third-order valence-corrected chi connectivity index (χ3v) is 7.42. The summed E-state index contributed by atoms with van der Waals surface area (Å²) < 4.78 is 21.6. The van der Waals surface area contributed by atoms with Crippen LogP contribution in [-0.2, 0) is 14.3 Å². The van der Waals surface area contributed by atoms with E-state index in [4.69, 9.17) is 15.5 Å². The van der Waals surface area contributed by atoms with Gasteiger partial charge in [0.15, 0.2) is 6.23 Å². The molecular weight excluding hydrogens is 549 g/mol. The molecule has 0 aromatic carbocycles. The molecule has 3 atom stereocenters. The topological polar surface area (TPSA) is 119 Å². The predicted molar refractivity (Wildman–Crippen MR) is 165 cm³/mol. The first-order valence-corrected chi connectivity index (χ1v) is 14.1. The predicted octanol–water partition coefficient (Wildman–Crippen LogP) is 4.82. The van der Waals surface area contributed by atoms with Crippen molar-refractivity contribution in [3.63, 3.8) is 0 Å². The van der Waals surface area contributed by atoms with E-state index in [1.54, 1.807) is 55.5 Å². The van der Waals surface area contributed by atoms with Gasteiger partial charge in [-0.1, -0.05) is 26.3 Å². The first-order chi connectivity index (χ1) is 20.5. The number of hydrogen-bond donors (Lipinski definition) is 1. The Morgan fingerprint density at radius 3 is 2.51 bits per heavy atom. The number of esters is 1. The van der Waals surface area contributed by atoms with Gasteiger partial charge in [-0.3, -0.25) is 19.1 Å². The Labute approximate surface area is 251 Å². The van der Waals surface area contributed by atoms with Gasteiger partial charge in [0.1, 0.15) is 11.7 Å². The summed E-state index contributed by atoms with van der Waals surface area (Å²) in [5.41, 5.74) is 10.0. The Kier molecular flexibility index (Phi) is 9.99. The summed E-state index contributed by atoms with van der Waals surface area (Å²) in [4.78, 5) is 41.7. The van der Waals surface area contributed by atoms with E-state index in [2.05, 4.69) is 9.97 Å². The summed E-state index contributed by atoms with van der Waals surface area (Å²) in [5, 5.41) is 0.707. The van der Waals surface area contributed by atoms with Crippen LogP contribution in [0.3, 0.4) is 0 Å². The maximum absolute atomic E-state index is 14.2. The smallest absolute Gasteiger partial charge is 0.325 e. The third-order valence-electron chi connectivity index (χ3n) is 7.42. The molecule has 0 aliphatic carbocycles. The van der Waals surface area contributed by atoms with Crippen LogP contribution in [0.15, 0.2) is 67.4 Å². The average molecular weight is 588 g/mol. The lowest BCUT2D eigenvalue weighted by Crippen LogP contribution is -2.38. The molecule has 11 heteroatoms. The minimum atomic E-state index is -0.754. The molecule has 0 radical (unpaired) electrons. The quantitative estimate of drug-likeness (QED) is 0.151. The van der Waals surface area contributed by atoms with Gasteiger partial charge in [0.05, 0.1) is 11.9 Å². The standard InChI is InChI=1S/C32H38FN7O3/c1-7-20(2)30(34)32(42)43-21(3)40-19-27(22-10-11-36-28(33)15-22)26-14-24(17-37-31(26)40)23-13-25(18-35-16-23)39(6)29(41)9-8-12-38(4)5/h8-11,13-21,30H,7,12,34H2,1-6H3/b9-8+/t20?,21-,30?/m0/s1. The molecule has 0 bridgehead atoms. The average Bonchev–Trinajstić information content (AvgIpc) is 3.38. The van der Waals surface area contributed by atoms with E-state index in [1.807, 2.05) is 45.0 Å². The number of pyridine rings is 3. The zero-order valence-corrected chi connectivity index (χ0v) is 25.4. The number of hydrogen-bond acceptors (Lipinski definition) is 8. The van der Waals surface area contributed by atoms with Crippen LogP contribution in [-0.4, -0.2) is 70.0 Å².